The van der Waals surface area contributed by atoms with Crippen molar-refractivity contribution in [2.24, 2.45) is 0 Å². The molecule has 31 heavy (non-hydrogen) atoms. The van der Waals surface area contributed by atoms with E-state index in [1.54, 1.807) is 25.3 Å². The summed E-state index contributed by atoms with van der Waals surface area (Å²) in [6.07, 6.45) is 3.26. The zero-order valence-corrected chi connectivity index (χ0v) is 18.4. The summed E-state index contributed by atoms with van der Waals surface area (Å²) in [6.45, 7) is 6.64. The highest BCUT2D eigenvalue weighted by Gasteiger charge is 2.13. The van der Waals surface area contributed by atoms with Gasteiger partial charge in [0.05, 0.1) is 18.8 Å². The van der Waals surface area contributed by atoms with Gasteiger partial charge in [-0.05, 0) is 44.5 Å². The Morgan fingerprint density at radius 1 is 1.03 bits per heavy atom. The molecule has 0 radical (unpaired) electrons. The molecule has 0 bridgehead atoms. The van der Waals surface area contributed by atoms with Gasteiger partial charge in [-0.15, -0.1) is 0 Å². The predicted molar refractivity (Wildman–Crippen MR) is 124 cm³/mol. The van der Waals surface area contributed by atoms with Crippen LogP contribution in [0.4, 0.5) is 5.69 Å². The van der Waals surface area contributed by atoms with Gasteiger partial charge in [0.25, 0.3) is 0 Å². The van der Waals surface area contributed by atoms with Crippen molar-refractivity contribution >= 4 is 23.6 Å². The number of amides is 2. The maximum absolute atomic E-state index is 12.5. The van der Waals surface area contributed by atoms with Crippen LogP contribution in [0.3, 0.4) is 0 Å². The van der Waals surface area contributed by atoms with E-state index in [1.165, 1.54) is 22.1 Å². The van der Waals surface area contributed by atoms with Crippen molar-refractivity contribution in [2.75, 3.05) is 18.9 Å². The molecule has 6 nitrogen and oxygen atoms in total. The van der Waals surface area contributed by atoms with Crippen LogP contribution in [0.2, 0.25) is 0 Å². The lowest BCUT2D eigenvalue weighted by atomic mass is 10.1. The van der Waals surface area contributed by atoms with E-state index < -0.39 is 0 Å². The van der Waals surface area contributed by atoms with Crippen LogP contribution in [0.5, 0.6) is 0 Å². The Kier molecular flexibility index (Phi) is 7.03. The van der Waals surface area contributed by atoms with Crippen molar-refractivity contribution in [3.8, 4) is 0 Å². The molecule has 3 aromatic rings. The molecule has 0 spiro atoms. The molecule has 0 aliphatic heterocycles. The van der Waals surface area contributed by atoms with E-state index >= 15 is 0 Å². The summed E-state index contributed by atoms with van der Waals surface area (Å²) in [6, 6.07) is 17.5. The van der Waals surface area contributed by atoms with E-state index in [4.69, 9.17) is 0 Å². The number of para-hydroxylation sites is 1. The monoisotopic (exact) mass is 416 g/mol. The van der Waals surface area contributed by atoms with E-state index in [0.29, 0.717) is 12.2 Å². The highest BCUT2D eigenvalue weighted by atomic mass is 16.2. The van der Waals surface area contributed by atoms with Crippen molar-refractivity contribution in [3.05, 3.63) is 88.8 Å². The van der Waals surface area contributed by atoms with Gasteiger partial charge in [-0.1, -0.05) is 48.0 Å². The molecule has 1 heterocycles. The minimum Gasteiger partial charge on any atom is -0.333 e. The van der Waals surface area contributed by atoms with Crippen LogP contribution in [-0.4, -0.2) is 40.1 Å². The Morgan fingerprint density at radius 3 is 2.39 bits per heavy atom. The van der Waals surface area contributed by atoms with Crippen molar-refractivity contribution in [2.45, 2.75) is 27.3 Å². The summed E-state index contributed by atoms with van der Waals surface area (Å²) in [5.74, 6) is -0.484. The molecule has 0 saturated heterocycles. The molecule has 0 unspecified atom stereocenters. The Hall–Kier alpha value is -3.67. The van der Waals surface area contributed by atoms with Gasteiger partial charge in [0.1, 0.15) is 0 Å². The lowest BCUT2D eigenvalue weighted by Crippen LogP contribution is -2.33. The third-order valence-electron chi connectivity index (χ3n) is 5.10. The second-order valence-electron chi connectivity index (χ2n) is 7.67. The maximum atomic E-state index is 12.5. The predicted octanol–water partition coefficient (Wildman–Crippen LogP) is 3.97. The number of aromatic nitrogens is 2. The molecule has 0 fully saturated rings. The zero-order valence-electron chi connectivity index (χ0n) is 18.4. The van der Waals surface area contributed by atoms with Gasteiger partial charge in [-0.3, -0.25) is 14.3 Å². The van der Waals surface area contributed by atoms with Crippen molar-refractivity contribution in [1.82, 2.24) is 14.7 Å². The molecule has 1 aromatic heterocycles. The number of nitrogens with one attached hydrogen (secondary N) is 1. The molecule has 0 aliphatic rings. The van der Waals surface area contributed by atoms with Crippen LogP contribution < -0.4 is 5.32 Å². The van der Waals surface area contributed by atoms with Gasteiger partial charge in [0.2, 0.25) is 11.8 Å². The van der Waals surface area contributed by atoms with Gasteiger partial charge in [-0.2, -0.15) is 5.10 Å². The zero-order chi connectivity index (χ0) is 22.4. The average Bonchev–Trinajstić information content (AvgIpc) is 3.01. The Morgan fingerprint density at radius 2 is 1.71 bits per heavy atom. The van der Waals surface area contributed by atoms with Gasteiger partial charge < -0.3 is 10.2 Å². The van der Waals surface area contributed by atoms with E-state index in [0.717, 1.165) is 17.0 Å². The number of hydrogen-bond donors (Lipinski definition) is 1. The Bertz CT molecular complexity index is 1080. The minimum atomic E-state index is -0.242. The molecule has 2 aromatic carbocycles. The number of aryl methyl sites for hydroxylation is 2. The quantitative estimate of drug-likeness (QED) is 0.593. The lowest BCUT2D eigenvalue weighted by molar-refractivity contribution is -0.129. The summed E-state index contributed by atoms with van der Waals surface area (Å²) >= 11 is 0. The number of likely N-dealkylation sites (N-methyl/N-ethyl adjacent to an activating group) is 1. The van der Waals surface area contributed by atoms with Crippen LogP contribution >= 0.6 is 0 Å². The number of rotatable bonds is 7. The van der Waals surface area contributed by atoms with E-state index in [-0.39, 0.29) is 18.4 Å². The molecular weight excluding hydrogens is 388 g/mol. The van der Waals surface area contributed by atoms with Gasteiger partial charge in [0.15, 0.2) is 0 Å². The minimum absolute atomic E-state index is 0.0251. The molecule has 0 aliphatic carbocycles. The normalized spacial score (nSPS) is 11.0. The fourth-order valence-electron chi connectivity index (χ4n) is 3.27. The lowest BCUT2D eigenvalue weighted by Gasteiger charge is -2.14. The molecular formula is C25H28N4O2. The number of carbonyl (C=O) groups excluding carboxylic acids is 2. The van der Waals surface area contributed by atoms with Gasteiger partial charge in [0, 0.05) is 30.1 Å². The standard InChI is InChI=1S/C25H28N4O2/c1-18-10-12-21(13-11-18)16-29-20(3)23(19(2)27-29)14-15-25(31)28(4)17-24(30)26-22-8-6-5-7-9-22/h5-15H,16-17H2,1-4H3,(H,26,30)/b15-14+. The van der Waals surface area contributed by atoms with Crippen LogP contribution in [-0.2, 0) is 16.1 Å². The highest BCUT2D eigenvalue weighted by Crippen LogP contribution is 2.17. The van der Waals surface area contributed by atoms with Crippen molar-refractivity contribution in [1.29, 1.82) is 0 Å². The molecule has 0 atom stereocenters. The van der Waals surface area contributed by atoms with Crippen molar-refractivity contribution < 1.29 is 9.59 Å². The topological polar surface area (TPSA) is 67.2 Å². The molecule has 3 rings (SSSR count). The summed E-state index contributed by atoms with van der Waals surface area (Å²) in [4.78, 5) is 26.0. The number of hydrogen-bond acceptors (Lipinski definition) is 3. The highest BCUT2D eigenvalue weighted by molar-refractivity contribution is 5.98. The Labute approximate surface area is 183 Å². The first-order chi connectivity index (χ1) is 14.8. The van der Waals surface area contributed by atoms with Crippen LogP contribution in [0.1, 0.15) is 28.1 Å². The van der Waals surface area contributed by atoms with Crippen LogP contribution in [0.25, 0.3) is 6.08 Å². The summed E-state index contributed by atoms with van der Waals surface area (Å²) < 4.78 is 1.95. The molecule has 0 saturated carbocycles. The molecule has 160 valence electrons. The summed E-state index contributed by atoms with van der Waals surface area (Å²) in [7, 11) is 1.61. The fourth-order valence-corrected chi connectivity index (χ4v) is 3.27. The first-order valence-electron chi connectivity index (χ1n) is 10.2. The fraction of sp³-hybridized carbons (Fsp3) is 0.240. The summed E-state index contributed by atoms with van der Waals surface area (Å²) in [5.41, 5.74) is 5.87. The largest absolute Gasteiger partial charge is 0.333 e. The smallest absolute Gasteiger partial charge is 0.246 e. The number of benzene rings is 2. The molecule has 1 N–H and O–H groups in total. The van der Waals surface area contributed by atoms with E-state index in [1.807, 2.05) is 36.7 Å². The van der Waals surface area contributed by atoms with E-state index in [2.05, 4.69) is 41.6 Å². The third kappa shape index (κ3) is 5.92. The van der Waals surface area contributed by atoms with Crippen molar-refractivity contribution in [3.63, 3.8) is 0 Å². The second-order valence-corrected chi connectivity index (χ2v) is 7.67. The number of anilines is 1. The number of carbonyl (C=O) groups is 2. The molecule has 6 heteroatoms. The van der Waals surface area contributed by atoms with Crippen LogP contribution in [0.15, 0.2) is 60.7 Å². The first-order valence-corrected chi connectivity index (χ1v) is 10.2. The number of nitrogens with zero attached hydrogens (tertiary/aromatic N) is 3. The van der Waals surface area contributed by atoms with E-state index in [9.17, 15) is 9.59 Å². The maximum Gasteiger partial charge on any atom is 0.246 e. The summed E-state index contributed by atoms with van der Waals surface area (Å²) in [5, 5.41) is 7.40. The SMILES string of the molecule is Cc1ccc(Cn2nc(C)c(/C=C/C(=O)N(C)CC(=O)Nc3ccccc3)c2C)cc1. The molecule has 2 amide bonds. The van der Waals surface area contributed by atoms with Crippen LogP contribution in [0, 0.1) is 20.8 Å². The first kappa shape index (κ1) is 22.0. The average molecular weight is 417 g/mol. The van der Waals surface area contributed by atoms with Gasteiger partial charge in [-0.25, -0.2) is 0 Å². The second kappa shape index (κ2) is 9.89. The third-order valence-corrected chi connectivity index (χ3v) is 5.10. The van der Waals surface area contributed by atoms with Gasteiger partial charge >= 0.3 is 0 Å². The Balaban J connectivity index is 1.62.